The maximum Gasteiger partial charge on any atom is 0.325 e. The van der Waals surface area contributed by atoms with Crippen molar-refractivity contribution in [1.82, 2.24) is 30.3 Å². The fraction of sp³-hybridized carbons (Fsp3) is 0.300. The summed E-state index contributed by atoms with van der Waals surface area (Å²) in [6, 6.07) is -0.796. The molecule has 1 unspecified atom stereocenters. The van der Waals surface area contributed by atoms with Crippen molar-refractivity contribution in [3.63, 3.8) is 0 Å². The average molecular weight is 279 g/mol. The minimum Gasteiger partial charge on any atom is -0.480 e. The van der Waals surface area contributed by atoms with Gasteiger partial charge in [0.2, 0.25) is 0 Å². The molecule has 10 nitrogen and oxygen atoms in total. The van der Waals surface area contributed by atoms with Crippen molar-refractivity contribution in [2.24, 2.45) is 0 Å². The van der Waals surface area contributed by atoms with Gasteiger partial charge in [0.15, 0.2) is 0 Å². The maximum atomic E-state index is 11.7. The van der Waals surface area contributed by atoms with Gasteiger partial charge in [0.25, 0.3) is 0 Å². The number of nitrogens with one attached hydrogen (secondary N) is 3. The normalized spacial score (nSPS) is 11.8. The van der Waals surface area contributed by atoms with Crippen molar-refractivity contribution >= 4 is 17.7 Å². The topological polar surface area (TPSA) is 138 Å². The van der Waals surface area contributed by atoms with Crippen molar-refractivity contribution in [2.45, 2.75) is 19.5 Å². The number of hydrogen-bond donors (Lipinski definition) is 4. The molecule has 20 heavy (non-hydrogen) atoms. The molecule has 0 saturated heterocycles. The summed E-state index contributed by atoms with van der Waals surface area (Å²) in [5.74, 6) is -0.482. The fourth-order valence-electron chi connectivity index (χ4n) is 1.51. The number of urea groups is 1. The zero-order chi connectivity index (χ0) is 14.5. The number of aromatic amines is 1. The Balaban J connectivity index is 1.88. The van der Waals surface area contributed by atoms with E-state index in [9.17, 15) is 9.59 Å². The van der Waals surface area contributed by atoms with Crippen molar-refractivity contribution in [3.05, 3.63) is 24.5 Å². The van der Waals surface area contributed by atoms with Gasteiger partial charge in [-0.05, 0) is 6.92 Å². The standard InChI is InChI=1S/C10H13N7O3/c1-6(9-11-5-12-16-9)14-10(20)15-7-2-13-17(3-7)4-8(18)19/h2-3,5-6H,4H2,1H3,(H,18,19)(H,11,12,16)(H2,14,15,20). The Morgan fingerprint density at radius 2 is 2.35 bits per heavy atom. The van der Waals surface area contributed by atoms with E-state index in [0.717, 1.165) is 0 Å². The number of rotatable bonds is 5. The van der Waals surface area contributed by atoms with Gasteiger partial charge < -0.3 is 15.7 Å². The molecule has 0 radical (unpaired) electrons. The highest BCUT2D eigenvalue weighted by atomic mass is 16.4. The molecule has 10 heteroatoms. The number of aromatic nitrogens is 5. The predicted octanol–water partition coefficient (Wildman–Crippen LogP) is -0.0315. The smallest absolute Gasteiger partial charge is 0.325 e. The largest absolute Gasteiger partial charge is 0.480 e. The molecule has 2 heterocycles. The van der Waals surface area contributed by atoms with Gasteiger partial charge in [-0.3, -0.25) is 14.6 Å². The molecule has 106 valence electrons. The highest BCUT2D eigenvalue weighted by Gasteiger charge is 2.12. The Bertz CT molecular complexity index is 592. The second kappa shape index (κ2) is 5.82. The monoisotopic (exact) mass is 279 g/mol. The van der Waals surface area contributed by atoms with Gasteiger partial charge in [0.1, 0.15) is 18.7 Å². The zero-order valence-electron chi connectivity index (χ0n) is 10.6. The van der Waals surface area contributed by atoms with E-state index in [1.54, 1.807) is 6.92 Å². The van der Waals surface area contributed by atoms with Gasteiger partial charge >= 0.3 is 12.0 Å². The molecule has 2 amide bonds. The van der Waals surface area contributed by atoms with E-state index in [4.69, 9.17) is 5.11 Å². The summed E-state index contributed by atoms with van der Waals surface area (Å²) in [7, 11) is 0. The van der Waals surface area contributed by atoms with Crippen LogP contribution in [0.15, 0.2) is 18.7 Å². The maximum absolute atomic E-state index is 11.7. The van der Waals surface area contributed by atoms with Crippen molar-refractivity contribution in [1.29, 1.82) is 0 Å². The van der Waals surface area contributed by atoms with Gasteiger partial charge in [0, 0.05) is 6.20 Å². The van der Waals surface area contributed by atoms with Gasteiger partial charge in [-0.15, -0.1) is 0 Å². The summed E-state index contributed by atoms with van der Waals surface area (Å²) in [6.07, 6.45) is 4.13. The lowest BCUT2D eigenvalue weighted by molar-refractivity contribution is -0.137. The summed E-state index contributed by atoms with van der Waals surface area (Å²) in [4.78, 5) is 26.1. The molecule has 0 fully saturated rings. The van der Waals surface area contributed by atoms with Crippen LogP contribution in [0.25, 0.3) is 0 Å². The zero-order valence-corrected chi connectivity index (χ0v) is 10.6. The van der Waals surface area contributed by atoms with Gasteiger partial charge in [-0.1, -0.05) is 0 Å². The Morgan fingerprint density at radius 1 is 1.55 bits per heavy atom. The number of anilines is 1. The third-order valence-electron chi connectivity index (χ3n) is 2.38. The summed E-state index contributed by atoms with van der Waals surface area (Å²) >= 11 is 0. The number of aliphatic carboxylic acids is 1. The lowest BCUT2D eigenvalue weighted by Gasteiger charge is -2.10. The third kappa shape index (κ3) is 3.54. The lowest BCUT2D eigenvalue weighted by atomic mass is 10.3. The predicted molar refractivity (Wildman–Crippen MR) is 66.8 cm³/mol. The minimum absolute atomic E-state index is 0.266. The molecular formula is C10H13N7O3. The highest BCUT2D eigenvalue weighted by molar-refractivity contribution is 5.89. The van der Waals surface area contributed by atoms with E-state index >= 15 is 0 Å². The molecular weight excluding hydrogens is 266 g/mol. The lowest BCUT2D eigenvalue weighted by Crippen LogP contribution is -2.31. The molecule has 0 saturated carbocycles. The van der Waals surface area contributed by atoms with E-state index in [2.05, 4.69) is 30.9 Å². The van der Waals surface area contributed by atoms with Crippen molar-refractivity contribution < 1.29 is 14.7 Å². The average Bonchev–Trinajstić information content (AvgIpc) is 2.99. The van der Waals surface area contributed by atoms with Gasteiger partial charge in [-0.25, -0.2) is 9.78 Å². The Labute approximate surface area is 113 Å². The second-order valence-corrected chi connectivity index (χ2v) is 4.01. The van der Waals surface area contributed by atoms with Gasteiger partial charge in [0.05, 0.1) is 17.9 Å². The Kier molecular flexibility index (Phi) is 3.93. The first kappa shape index (κ1) is 13.5. The molecule has 0 aromatic carbocycles. The number of carbonyl (C=O) groups is 2. The van der Waals surface area contributed by atoms with Gasteiger partial charge in [-0.2, -0.15) is 10.2 Å². The molecule has 4 N–H and O–H groups in total. The number of carboxylic acid groups (broad SMARTS) is 1. The number of amides is 2. The quantitative estimate of drug-likeness (QED) is 0.606. The molecule has 1 atom stereocenters. The van der Waals surface area contributed by atoms with Crippen molar-refractivity contribution in [3.8, 4) is 0 Å². The van der Waals surface area contributed by atoms with Crippen LogP contribution in [0.4, 0.5) is 10.5 Å². The number of hydrogen-bond acceptors (Lipinski definition) is 5. The fourth-order valence-corrected chi connectivity index (χ4v) is 1.51. The minimum atomic E-state index is -1.01. The van der Waals surface area contributed by atoms with E-state index in [1.165, 1.54) is 23.4 Å². The Hall–Kier alpha value is -2.91. The van der Waals surface area contributed by atoms with Crippen LogP contribution in [0, 0.1) is 0 Å². The summed E-state index contributed by atoms with van der Waals surface area (Å²) in [6.45, 7) is 1.48. The summed E-state index contributed by atoms with van der Waals surface area (Å²) in [5, 5.41) is 23.9. The third-order valence-corrected chi connectivity index (χ3v) is 2.38. The first-order valence-electron chi connectivity index (χ1n) is 5.71. The van der Waals surface area contributed by atoms with Crippen LogP contribution in [0.2, 0.25) is 0 Å². The molecule has 0 spiro atoms. The van der Waals surface area contributed by atoms with E-state index in [-0.39, 0.29) is 12.6 Å². The SMILES string of the molecule is CC(NC(=O)Nc1cnn(CC(=O)O)c1)c1ncn[nH]1. The van der Waals surface area contributed by atoms with Crippen LogP contribution < -0.4 is 10.6 Å². The van der Waals surface area contributed by atoms with Crippen LogP contribution in [0.1, 0.15) is 18.8 Å². The number of H-pyrrole nitrogens is 1. The summed E-state index contributed by atoms with van der Waals surface area (Å²) in [5.41, 5.74) is 0.397. The molecule has 0 aliphatic carbocycles. The molecule has 0 aliphatic heterocycles. The molecule has 2 rings (SSSR count). The van der Waals surface area contributed by atoms with Crippen molar-refractivity contribution in [2.75, 3.05) is 5.32 Å². The van der Waals surface area contributed by atoms with Crippen LogP contribution in [0.3, 0.4) is 0 Å². The molecule has 0 aliphatic rings. The molecule has 2 aromatic rings. The van der Waals surface area contributed by atoms with E-state index in [0.29, 0.717) is 11.5 Å². The molecule has 0 bridgehead atoms. The van der Waals surface area contributed by atoms with E-state index < -0.39 is 12.0 Å². The number of nitrogens with zero attached hydrogens (tertiary/aromatic N) is 4. The van der Waals surface area contributed by atoms with Crippen LogP contribution in [-0.4, -0.2) is 42.1 Å². The molecule has 2 aromatic heterocycles. The van der Waals surface area contributed by atoms with Crippen LogP contribution in [0.5, 0.6) is 0 Å². The first-order valence-corrected chi connectivity index (χ1v) is 5.71. The number of carboxylic acids is 1. The second-order valence-electron chi connectivity index (χ2n) is 4.01. The first-order chi connectivity index (χ1) is 9.54. The van der Waals surface area contributed by atoms with E-state index in [1.807, 2.05) is 0 Å². The summed E-state index contributed by atoms with van der Waals surface area (Å²) < 4.78 is 1.21. The van der Waals surface area contributed by atoms with Crippen LogP contribution >= 0.6 is 0 Å². The van der Waals surface area contributed by atoms with Crippen LogP contribution in [-0.2, 0) is 11.3 Å². The number of carbonyl (C=O) groups excluding carboxylic acids is 1. The highest BCUT2D eigenvalue weighted by Crippen LogP contribution is 2.07. The Morgan fingerprint density at radius 3 is 3.00 bits per heavy atom.